The van der Waals surface area contributed by atoms with Crippen molar-refractivity contribution in [3.05, 3.63) is 192 Å². The van der Waals surface area contributed by atoms with Gasteiger partial charge in [-0.3, -0.25) is 27.5 Å². The maximum absolute atomic E-state index is 12.9. The number of nitrogens with one attached hydrogen (secondary N) is 3. The Labute approximate surface area is 383 Å². The van der Waals surface area contributed by atoms with Gasteiger partial charge in [-0.25, -0.2) is 14.8 Å². The number of carbonyl (C=O) groups is 3. The number of halogens is 2. The van der Waals surface area contributed by atoms with E-state index in [0.29, 0.717) is 57.9 Å². The minimum absolute atomic E-state index is 0. The highest BCUT2D eigenvalue weighted by molar-refractivity contribution is 6.05. The van der Waals surface area contributed by atoms with Gasteiger partial charge in [0.15, 0.2) is 0 Å². The number of alkyl halides is 1. The third-order valence-corrected chi connectivity index (χ3v) is 9.58. The van der Waals surface area contributed by atoms with Gasteiger partial charge >= 0.3 is 5.97 Å². The predicted octanol–water partition coefficient (Wildman–Crippen LogP) is 9.00. The molecule has 0 bridgehead atoms. The number of carboxylic acid groups (broad SMARTS) is 1. The van der Waals surface area contributed by atoms with E-state index in [9.17, 15) is 18.8 Å². The number of benzene rings is 4. The summed E-state index contributed by atoms with van der Waals surface area (Å²) in [6.07, 6.45) is 7.10. The summed E-state index contributed by atoms with van der Waals surface area (Å²) in [4.78, 5) is 49.1. The second kappa shape index (κ2) is 23.4. The first-order chi connectivity index (χ1) is 32.5. The van der Waals surface area contributed by atoms with Gasteiger partial charge in [-0.2, -0.15) is 4.98 Å². The van der Waals surface area contributed by atoms with Crippen molar-refractivity contribution in [2.24, 2.45) is 10.9 Å². The molecular weight excluding hydrogens is 865 g/mol. The van der Waals surface area contributed by atoms with Gasteiger partial charge in [-0.1, -0.05) is 78.0 Å². The summed E-state index contributed by atoms with van der Waals surface area (Å²) in [7, 11) is -1.00. The Balaban J connectivity index is 0.000000203. The van der Waals surface area contributed by atoms with E-state index in [2.05, 4.69) is 41.2 Å². The molecule has 19 heteroatoms. The van der Waals surface area contributed by atoms with Gasteiger partial charge in [0.05, 0.1) is 26.5 Å². The van der Waals surface area contributed by atoms with E-state index in [1.807, 2.05) is 116 Å². The third kappa shape index (κ3) is 12.7. The first-order valence-corrected chi connectivity index (χ1v) is 19.9. The number of anilines is 4. The molecule has 0 radical (unpaired) electrons. The lowest BCUT2D eigenvalue weighted by Crippen LogP contribution is -2.15. The van der Waals surface area contributed by atoms with Gasteiger partial charge in [-0.15, -0.1) is 0 Å². The average Bonchev–Trinajstić information content (AvgIpc) is 4.11. The molecule has 67 heavy (non-hydrogen) atoms. The number of aromatic carboxylic acids is 1. The zero-order chi connectivity index (χ0) is 47.7. The quantitative estimate of drug-likeness (QED) is 0.0326. The van der Waals surface area contributed by atoms with Crippen LogP contribution in [0.2, 0.25) is 0 Å². The lowest BCUT2D eigenvalue weighted by atomic mass is 10.1. The number of nitrogens with two attached hydrogens (primary N) is 1. The average molecular weight is 911 g/mol. The number of hydrogen-bond donors (Lipinski definition) is 6. The second-order valence-corrected chi connectivity index (χ2v) is 14.1. The second-order valence-electron chi connectivity index (χ2n) is 14.1. The minimum Gasteiger partial charge on any atom is -0.478 e. The van der Waals surface area contributed by atoms with Crippen LogP contribution in [0, 0.1) is 13.8 Å². The molecule has 0 aliphatic heterocycles. The molecule has 7 N–H and O–H groups in total. The Kier molecular flexibility index (Phi) is 16.5. The number of para-hydroxylation sites is 1. The number of carbonyl (C=O) groups excluding carboxylic acids is 2. The van der Waals surface area contributed by atoms with Crippen LogP contribution in [0.5, 0.6) is 0 Å². The van der Waals surface area contributed by atoms with E-state index in [1.165, 1.54) is 18.3 Å². The first-order valence-electron chi connectivity index (χ1n) is 20.6. The number of hydrogen-bond acceptors (Lipinski definition) is 11. The van der Waals surface area contributed by atoms with Gasteiger partial charge in [-0.05, 0) is 96.4 Å². The van der Waals surface area contributed by atoms with Crippen molar-refractivity contribution in [3.63, 3.8) is 0 Å². The summed E-state index contributed by atoms with van der Waals surface area (Å²) in [6.45, 7) is 3.72. The largest absolute Gasteiger partial charge is 0.478 e. The molecule has 342 valence electrons. The highest BCUT2D eigenvalue weighted by Crippen LogP contribution is 2.27. The van der Waals surface area contributed by atoms with Crippen LogP contribution in [0.25, 0.3) is 22.7 Å². The van der Waals surface area contributed by atoms with E-state index in [1.54, 1.807) is 46.4 Å². The number of amides is 2. The molecule has 17 nitrogen and oxygen atoms in total. The Hall–Kier alpha value is -9.26. The molecule has 0 spiro atoms. The van der Waals surface area contributed by atoms with Gasteiger partial charge in [0.2, 0.25) is 0 Å². The number of pyridine rings is 2. The normalized spacial score (nSPS) is 10.7. The zero-order valence-electron chi connectivity index (χ0n) is 36.9. The van der Waals surface area contributed by atoms with Crippen LogP contribution in [0.3, 0.4) is 0 Å². The smallest absolute Gasteiger partial charge is 0.335 e. The number of carboxylic acids is 1. The molecule has 0 aliphatic rings. The van der Waals surface area contributed by atoms with Crippen LogP contribution in [0.15, 0.2) is 168 Å². The molecule has 9 rings (SSSR count). The van der Waals surface area contributed by atoms with E-state index in [0.717, 1.165) is 22.4 Å². The SMILES string of the molecule is Cc1ccc(-c2nc(Nc3ccccc3)no2)cc1NC(=O)c1cnc2ccccn12.Cc1ccc(C(=O)O)cc1NC(=O)c1cnc2ccccn12.F.N/C(Cc1ccccc1)=N\O.[2H]CF. The fourth-order valence-electron chi connectivity index (χ4n) is 6.24. The van der Waals surface area contributed by atoms with Gasteiger partial charge in [0.1, 0.15) is 28.5 Å². The monoisotopic (exact) mass is 910 g/mol. The van der Waals surface area contributed by atoms with Gasteiger partial charge in [0, 0.05) is 41.4 Å². The summed E-state index contributed by atoms with van der Waals surface area (Å²) >= 11 is 0. The minimum atomic E-state index is -1.04. The van der Waals surface area contributed by atoms with Crippen molar-refractivity contribution in [2.75, 3.05) is 23.1 Å². The van der Waals surface area contributed by atoms with Crippen molar-refractivity contribution >= 4 is 57.9 Å². The Morgan fingerprint density at radius 2 is 1.28 bits per heavy atom. The lowest BCUT2D eigenvalue weighted by Gasteiger charge is -2.09. The van der Waals surface area contributed by atoms with Crippen LogP contribution < -0.4 is 21.7 Å². The van der Waals surface area contributed by atoms with Crippen molar-refractivity contribution < 1.29 is 39.7 Å². The summed E-state index contributed by atoms with van der Waals surface area (Å²) in [6, 6.07) is 40.4. The molecule has 0 atom stereocenters. The summed E-state index contributed by atoms with van der Waals surface area (Å²) in [5.74, 6) is -0.691. The summed E-state index contributed by atoms with van der Waals surface area (Å²) in [5.41, 5.74) is 13.1. The number of aromatic nitrogens is 6. The van der Waals surface area contributed by atoms with Crippen molar-refractivity contribution in [3.8, 4) is 11.5 Å². The Morgan fingerprint density at radius 1 is 0.761 bits per heavy atom. The van der Waals surface area contributed by atoms with Crippen LogP contribution in [-0.4, -0.2) is 70.0 Å². The van der Waals surface area contributed by atoms with Gasteiger partial charge < -0.3 is 36.5 Å². The van der Waals surface area contributed by atoms with Crippen LogP contribution in [0.1, 0.15) is 49.4 Å². The maximum Gasteiger partial charge on any atom is 0.335 e. The number of aryl methyl sites for hydroxylation is 2. The number of nitrogens with zero attached hydrogens (tertiary/aromatic N) is 7. The molecule has 0 saturated carbocycles. The molecule has 0 unspecified atom stereocenters. The van der Waals surface area contributed by atoms with E-state index >= 15 is 0 Å². The Morgan fingerprint density at radius 3 is 1.84 bits per heavy atom. The highest BCUT2D eigenvalue weighted by Gasteiger charge is 2.17. The van der Waals surface area contributed by atoms with E-state index < -0.39 is 13.1 Å². The summed E-state index contributed by atoms with van der Waals surface area (Å²) in [5, 5.41) is 32.9. The van der Waals surface area contributed by atoms with Crippen LogP contribution in [-0.2, 0) is 6.42 Å². The number of oxime groups is 1. The Bertz CT molecular complexity index is 3130. The maximum atomic E-state index is 12.9. The lowest BCUT2D eigenvalue weighted by molar-refractivity contribution is 0.0696. The van der Waals surface area contributed by atoms with E-state index in [-0.39, 0.29) is 27.9 Å². The molecule has 4 aromatic carbocycles. The highest BCUT2D eigenvalue weighted by atomic mass is 19.1. The van der Waals surface area contributed by atoms with Crippen LogP contribution in [0.4, 0.5) is 32.1 Å². The molecule has 5 heterocycles. The summed E-state index contributed by atoms with van der Waals surface area (Å²) < 4.78 is 24.3. The molecule has 0 saturated heterocycles. The molecule has 0 fully saturated rings. The van der Waals surface area contributed by atoms with Crippen molar-refractivity contribution in [1.29, 1.82) is 0 Å². The molecule has 0 aliphatic carbocycles. The van der Waals surface area contributed by atoms with Crippen molar-refractivity contribution in [2.45, 2.75) is 20.3 Å². The van der Waals surface area contributed by atoms with E-state index in [4.69, 9.17) is 21.9 Å². The number of amidine groups is 1. The van der Waals surface area contributed by atoms with Crippen LogP contribution >= 0.6 is 0 Å². The zero-order valence-corrected chi connectivity index (χ0v) is 35.9. The topological polar surface area (TPSA) is 240 Å². The molecule has 2 amide bonds. The number of fused-ring (bicyclic) bond motifs is 2. The first kappa shape index (κ1) is 47.2. The number of imidazole rings is 2. The predicted molar refractivity (Wildman–Crippen MR) is 252 cm³/mol. The standard InChI is InChI=1S/C23H18N6O2.C16H13N3O3.C8H10N2O.CH3F.FH/c1-15-10-11-16(22-27-23(28-31-22)25-17-7-3-2-4-8-17)13-18(15)26-21(30)19-14-24-20-9-5-6-12-29(19)20;1-10-5-6-11(16(21)22)8-12(10)18-15(20)13-9-17-14-4-2-3-7-19(13)14;9-8(10-11)6-7-4-2-1-3-5-7;1-2;/h2-14H,1H3,(H,25,28)(H,26,30);2-9H,1H3,(H,18,20)(H,21,22);1-5,11H,6H2,(H2,9,10);1H3;1H/i;;;1D;. The van der Waals surface area contributed by atoms with Crippen molar-refractivity contribution in [1.82, 2.24) is 28.9 Å². The number of rotatable bonds is 10. The molecule has 5 aromatic heterocycles. The molecular formula is C48H45F2N11O6. The third-order valence-electron chi connectivity index (χ3n) is 9.58. The molecule has 9 aromatic rings. The fraction of sp³-hybridized carbons (Fsp3) is 0.0833. The van der Waals surface area contributed by atoms with Gasteiger partial charge in [0.25, 0.3) is 23.7 Å². The fourth-order valence-corrected chi connectivity index (χ4v) is 6.24.